The van der Waals surface area contributed by atoms with Gasteiger partial charge in [-0.05, 0) is 57.9 Å². The lowest BCUT2D eigenvalue weighted by atomic mass is 9.99. The molecular weight excluding hydrogens is 250 g/mol. The van der Waals surface area contributed by atoms with Crippen LogP contribution >= 0.6 is 0 Å². The summed E-state index contributed by atoms with van der Waals surface area (Å²) in [5.74, 6) is 0.189. The zero-order valence-electron chi connectivity index (χ0n) is 13.0. The van der Waals surface area contributed by atoms with Gasteiger partial charge >= 0.3 is 0 Å². The molecule has 1 aromatic carbocycles. The van der Waals surface area contributed by atoms with Gasteiger partial charge < -0.3 is 4.74 Å². The van der Waals surface area contributed by atoms with E-state index in [2.05, 4.69) is 11.8 Å². The maximum Gasteiger partial charge on any atom is 0.179 e. The van der Waals surface area contributed by atoms with Gasteiger partial charge in [0.25, 0.3) is 0 Å². The number of Topliss-reactive ketones (excluding diaryl/α,β-unsaturated/α-hetero) is 1. The molecule has 20 heavy (non-hydrogen) atoms. The van der Waals surface area contributed by atoms with Gasteiger partial charge in [0.1, 0.15) is 0 Å². The monoisotopic (exact) mass is 275 g/mol. The third kappa shape index (κ3) is 3.47. The molecule has 3 nitrogen and oxygen atoms in total. The SMILES string of the molecule is Cc1ccc(C(=O)C(C)N(C)CC2CCCO2)cc1C. The Bertz CT molecular complexity index is 478. The number of nitrogens with zero attached hydrogens (tertiary/aromatic N) is 1. The third-order valence-electron chi connectivity index (χ3n) is 4.35. The summed E-state index contributed by atoms with van der Waals surface area (Å²) >= 11 is 0. The molecule has 1 aromatic rings. The Hall–Kier alpha value is -1.19. The van der Waals surface area contributed by atoms with Gasteiger partial charge in [0.2, 0.25) is 0 Å². The first kappa shape index (κ1) is 15.2. The van der Waals surface area contributed by atoms with Crippen LogP contribution in [0.5, 0.6) is 0 Å². The molecule has 110 valence electrons. The largest absolute Gasteiger partial charge is 0.377 e. The molecular formula is C17H25NO2. The van der Waals surface area contributed by atoms with E-state index >= 15 is 0 Å². The van der Waals surface area contributed by atoms with Crippen molar-refractivity contribution in [2.45, 2.75) is 45.8 Å². The molecule has 1 saturated heterocycles. The average Bonchev–Trinajstić information content (AvgIpc) is 2.93. The highest BCUT2D eigenvalue weighted by Gasteiger charge is 2.24. The molecule has 1 heterocycles. The van der Waals surface area contributed by atoms with Crippen molar-refractivity contribution in [3.8, 4) is 0 Å². The first-order chi connectivity index (χ1) is 9.49. The Balaban J connectivity index is 2.01. The molecule has 2 unspecified atom stereocenters. The fraction of sp³-hybridized carbons (Fsp3) is 0.588. The summed E-state index contributed by atoms with van der Waals surface area (Å²) < 4.78 is 5.64. The quantitative estimate of drug-likeness (QED) is 0.774. The van der Waals surface area contributed by atoms with E-state index in [1.165, 1.54) is 11.1 Å². The van der Waals surface area contributed by atoms with E-state index in [0.717, 1.165) is 31.6 Å². The van der Waals surface area contributed by atoms with Gasteiger partial charge in [-0.15, -0.1) is 0 Å². The van der Waals surface area contributed by atoms with Crippen LogP contribution in [0.15, 0.2) is 18.2 Å². The minimum Gasteiger partial charge on any atom is -0.377 e. The molecule has 3 heteroatoms. The third-order valence-corrected chi connectivity index (χ3v) is 4.35. The van der Waals surface area contributed by atoms with E-state index < -0.39 is 0 Å². The molecule has 0 spiro atoms. The van der Waals surface area contributed by atoms with Crippen LogP contribution in [0.1, 0.15) is 41.3 Å². The molecule has 0 aliphatic carbocycles. The van der Waals surface area contributed by atoms with E-state index in [4.69, 9.17) is 4.74 Å². The lowest BCUT2D eigenvalue weighted by Gasteiger charge is -2.26. The summed E-state index contributed by atoms with van der Waals surface area (Å²) in [6.07, 6.45) is 2.53. The number of carbonyl (C=O) groups is 1. The van der Waals surface area contributed by atoms with Crippen molar-refractivity contribution in [2.24, 2.45) is 0 Å². The second kappa shape index (κ2) is 6.51. The van der Waals surface area contributed by atoms with E-state index in [9.17, 15) is 4.79 Å². The summed E-state index contributed by atoms with van der Waals surface area (Å²) in [4.78, 5) is 14.6. The molecule has 0 saturated carbocycles. The van der Waals surface area contributed by atoms with Crippen molar-refractivity contribution in [2.75, 3.05) is 20.2 Å². The highest BCUT2D eigenvalue weighted by atomic mass is 16.5. The predicted octanol–water partition coefficient (Wildman–Crippen LogP) is 2.99. The van der Waals surface area contributed by atoms with Crippen molar-refractivity contribution >= 4 is 5.78 Å². The zero-order valence-corrected chi connectivity index (χ0v) is 13.0. The van der Waals surface area contributed by atoms with Crippen molar-refractivity contribution in [1.29, 1.82) is 0 Å². The first-order valence-corrected chi connectivity index (χ1v) is 7.42. The number of hydrogen-bond acceptors (Lipinski definition) is 3. The first-order valence-electron chi connectivity index (χ1n) is 7.42. The van der Waals surface area contributed by atoms with Gasteiger partial charge in [0.15, 0.2) is 5.78 Å². The topological polar surface area (TPSA) is 29.5 Å². The Morgan fingerprint density at radius 1 is 1.40 bits per heavy atom. The number of rotatable bonds is 5. The Kier molecular flexibility index (Phi) is 4.95. The minimum atomic E-state index is -0.110. The summed E-state index contributed by atoms with van der Waals surface area (Å²) in [5, 5.41) is 0. The molecule has 0 amide bonds. The number of hydrogen-bond donors (Lipinski definition) is 0. The van der Waals surface area contributed by atoms with Crippen LogP contribution in [-0.4, -0.2) is 43.0 Å². The molecule has 2 atom stereocenters. The lowest BCUT2D eigenvalue weighted by molar-refractivity contribution is 0.0620. The molecule has 0 N–H and O–H groups in total. The molecule has 1 fully saturated rings. The molecule has 0 radical (unpaired) electrons. The Morgan fingerprint density at radius 3 is 2.75 bits per heavy atom. The average molecular weight is 275 g/mol. The van der Waals surface area contributed by atoms with Crippen LogP contribution in [0.2, 0.25) is 0 Å². The van der Waals surface area contributed by atoms with Crippen LogP contribution in [0, 0.1) is 13.8 Å². The van der Waals surface area contributed by atoms with Crippen LogP contribution < -0.4 is 0 Å². The van der Waals surface area contributed by atoms with Gasteiger partial charge in [-0.3, -0.25) is 9.69 Å². The fourth-order valence-corrected chi connectivity index (χ4v) is 2.60. The van der Waals surface area contributed by atoms with E-state index in [1.807, 2.05) is 39.1 Å². The van der Waals surface area contributed by atoms with Crippen molar-refractivity contribution < 1.29 is 9.53 Å². The molecule has 0 aromatic heterocycles. The number of likely N-dealkylation sites (N-methyl/N-ethyl adjacent to an activating group) is 1. The molecule has 0 bridgehead atoms. The summed E-state index contributed by atoms with van der Waals surface area (Å²) in [6, 6.07) is 5.84. The number of aryl methyl sites for hydroxylation is 2. The van der Waals surface area contributed by atoms with E-state index in [1.54, 1.807) is 0 Å². The second-order valence-electron chi connectivity index (χ2n) is 5.91. The van der Waals surface area contributed by atoms with Crippen molar-refractivity contribution in [3.05, 3.63) is 34.9 Å². The van der Waals surface area contributed by atoms with Gasteiger partial charge in [0, 0.05) is 18.7 Å². The van der Waals surface area contributed by atoms with Gasteiger partial charge in [0.05, 0.1) is 12.1 Å². The number of ketones is 1. The second-order valence-corrected chi connectivity index (χ2v) is 5.91. The molecule has 1 aliphatic heterocycles. The highest BCUT2D eigenvalue weighted by molar-refractivity contribution is 6.00. The standard InChI is InChI=1S/C17H25NO2/c1-12-7-8-15(10-13(12)2)17(19)14(3)18(4)11-16-6-5-9-20-16/h7-8,10,14,16H,5-6,9,11H2,1-4H3. The Labute approximate surface area is 121 Å². The molecule has 2 rings (SSSR count). The van der Waals surface area contributed by atoms with Crippen LogP contribution in [0.4, 0.5) is 0 Å². The Morgan fingerprint density at radius 2 is 2.15 bits per heavy atom. The lowest BCUT2D eigenvalue weighted by Crippen LogP contribution is -2.40. The molecule has 1 aliphatic rings. The van der Waals surface area contributed by atoms with Crippen molar-refractivity contribution in [3.63, 3.8) is 0 Å². The maximum atomic E-state index is 12.5. The zero-order chi connectivity index (χ0) is 14.7. The smallest absolute Gasteiger partial charge is 0.179 e. The fourth-order valence-electron chi connectivity index (χ4n) is 2.60. The summed E-state index contributed by atoms with van der Waals surface area (Å²) in [7, 11) is 2.01. The number of carbonyl (C=O) groups excluding carboxylic acids is 1. The predicted molar refractivity (Wildman–Crippen MR) is 81.3 cm³/mol. The minimum absolute atomic E-state index is 0.110. The van der Waals surface area contributed by atoms with Crippen LogP contribution in [0.3, 0.4) is 0 Å². The maximum absolute atomic E-state index is 12.5. The van der Waals surface area contributed by atoms with Crippen molar-refractivity contribution in [1.82, 2.24) is 4.90 Å². The highest BCUT2D eigenvalue weighted by Crippen LogP contribution is 2.17. The van der Waals surface area contributed by atoms with E-state index in [-0.39, 0.29) is 17.9 Å². The van der Waals surface area contributed by atoms with Gasteiger partial charge in [-0.25, -0.2) is 0 Å². The number of benzene rings is 1. The normalized spacial score (nSPS) is 20.4. The van der Waals surface area contributed by atoms with Gasteiger partial charge in [-0.1, -0.05) is 12.1 Å². The van der Waals surface area contributed by atoms with Gasteiger partial charge in [-0.2, -0.15) is 0 Å². The van der Waals surface area contributed by atoms with E-state index in [0.29, 0.717) is 0 Å². The summed E-state index contributed by atoms with van der Waals surface area (Å²) in [6.45, 7) is 7.78. The van der Waals surface area contributed by atoms with Crippen LogP contribution in [0.25, 0.3) is 0 Å². The summed E-state index contributed by atoms with van der Waals surface area (Å²) in [5.41, 5.74) is 3.20. The van der Waals surface area contributed by atoms with Crippen LogP contribution in [-0.2, 0) is 4.74 Å². The number of ether oxygens (including phenoxy) is 1.